The summed E-state index contributed by atoms with van der Waals surface area (Å²) in [5.74, 6) is 0. The summed E-state index contributed by atoms with van der Waals surface area (Å²) >= 11 is 0. The van der Waals surface area contributed by atoms with Crippen molar-refractivity contribution in [3.05, 3.63) is 29.8 Å². The highest BCUT2D eigenvalue weighted by atomic mass is 32.2. The molecule has 0 radical (unpaired) electrons. The van der Waals surface area contributed by atoms with E-state index in [2.05, 4.69) is 4.72 Å². The Hall–Kier alpha value is -1.60. The van der Waals surface area contributed by atoms with Crippen molar-refractivity contribution in [3.8, 4) is 0 Å². The minimum Gasteiger partial charge on any atom is -0.443 e. The molecule has 1 aromatic rings. The highest BCUT2D eigenvalue weighted by Crippen LogP contribution is 2.15. The lowest BCUT2D eigenvalue weighted by Crippen LogP contribution is -2.36. The maximum absolute atomic E-state index is 12.2. The molecule has 6 nitrogen and oxygen atoms in total. The molecule has 1 aromatic carbocycles. The third kappa shape index (κ3) is 3.74. The van der Waals surface area contributed by atoms with Crippen LogP contribution in [0.25, 0.3) is 0 Å². The Bertz CT molecular complexity index is 628. The van der Waals surface area contributed by atoms with Crippen molar-refractivity contribution in [3.63, 3.8) is 0 Å². The van der Waals surface area contributed by atoms with Gasteiger partial charge in [-0.05, 0) is 38.5 Å². The van der Waals surface area contributed by atoms with Crippen LogP contribution in [-0.2, 0) is 14.8 Å². The second-order valence-electron chi connectivity index (χ2n) is 5.42. The Kier molecular flexibility index (Phi) is 4.53. The number of hydrogen-bond acceptors (Lipinski definition) is 4. The zero-order valence-corrected chi connectivity index (χ0v) is 13.2. The molecular weight excluding hydrogens is 292 g/mol. The van der Waals surface area contributed by atoms with E-state index in [1.54, 1.807) is 17.0 Å². The first-order chi connectivity index (χ1) is 9.79. The van der Waals surface area contributed by atoms with Gasteiger partial charge in [0.15, 0.2) is 0 Å². The van der Waals surface area contributed by atoms with E-state index in [1.165, 1.54) is 6.07 Å². The molecule has 1 aliphatic rings. The first-order valence-electron chi connectivity index (χ1n) is 6.83. The second-order valence-corrected chi connectivity index (χ2v) is 7.19. The molecule has 7 heteroatoms. The quantitative estimate of drug-likeness (QED) is 0.894. The van der Waals surface area contributed by atoms with Crippen LogP contribution in [0.5, 0.6) is 0 Å². The Morgan fingerprint density at radius 1 is 1.43 bits per heavy atom. The minimum absolute atomic E-state index is 0.0379. The van der Waals surface area contributed by atoms with E-state index in [9.17, 15) is 13.2 Å². The number of nitrogens with one attached hydrogen (secondary N) is 1. The van der Waals surface area contributed by atoms with E-state index >= 15 is 0 Å². The lowest BCUT2D eigenvalue weighted by molar-refractivity contribution is 0.130. The number of amides is 1. The van der Waals surface area contributed by atoms with Crippen LogP contribution in [0.4, 0.5) is 4.79 Å². The van der Waals surface area contributed by atoms with Crippen molar-refractivity contribution in [1.29, 1.82) is 0 Å². The molecule has 0 aromatic heterocycles. The molecule has 1 atom stereocenters. The fourth-order valence-electron chi connectivity index (χ4n) is 2.14. The summed E-state index contributed by atoms with van der Waals surface area (Å²) in [5.41, 5.74) is 0.871. The molecule has 1 amide bonds. The van der Waals surface area contributed by atoms with E-state index in [4.69, 9.17) is 4.74 Å². The van der Waals surface area contributed by atoms with Gasteiger partial charge in [-0.1, -0.05) is 12.1 Å². The lowest BCUT2D eigenvalue weighted by Gasteiger charge is -2.16. The molecule has 1 fully saturated rings. The van der Waals surface area contributed by atoms with Gasteiger partial charge in [-0.15, -0.1) is 0 Å². The summed E-state index contributed by atoms with van der Waals surface area (Å²) in [5, 5.41) is 0. The third-order valence-electron chi connectivity index (χ3n) is 3.33. The molecule has 1 unspecified atom stereocenters. The molecule has 0 bridgehead atoms. The smallest absolute Gasteiger partial charge is 0.410 e. The average molecular weight is 312 g/mol. The van der Waals surface area contributed by atoms with Gasteiger partial charge in [0.2, 0.25) is 10.0 Å². The largest absolute Gasteiger partial charge is 0.443 e. The fraction of sp³-hybridized carbons (Fsp3) is 0.500. The van der Waals surface area contributed by atoms with Crippen molar-refractivity contribution in [2.75, 3.05) is 13.1 Å². The van der Waals surface area contributed by atoms with Crippen molar-refractivity contribution >= 4 is 16.1 Å². The number of hydrogen-bond donors (Lipinski definition) is 1. The van der Waals surface area contributed by atoms with Crippen LogP contribution in [0.2, 0.25) is 0 Å². The molecular formula is C14H20N2O4S. The molecule has 21 heavy (non-hydrogen) atoms. The first kappa shape index (κ1) is 15.8. The number of carbonyl (C=O) groups is 1. The Morgan fingerprint density at radius 2 is 2.14 bits per heavy atom. The van der Waals surface area contributed by atoms with E-state index in [0.717, 1.165) is 5.56 Å². The number of ether oxygens (including phenoxy) is 1. The zero-order valence-electron chi connectivity index (χ0n) is 12.4. The van der Waals surface area contributed by atoms with Crippen LogP contribution in [0.3, 0.4) is 0 Å². The van der Waals surface area contributed by atoms with Crippen molar-refractivity contribution in [2.24, 2.45) is 0 Å². The summed E-state index contributed by atoms with van der Waals surface area (Å²) in [4.78, 5) is 13.4. The lowest BCUT2D eigenvalue weighted by atomic mass is 10.2. The van der Waals surface area contributed by atoms with Gasteiger partial charge in [0, 0.05) is 12.6 Å². The van der Waals surface area contributed by atoms with E-state index in [1.807, 2.05) is 26.8 Å². The topological polar surface area (TPSA) is 75.7 Å². The first-order valence-corrected chi connectivity index (χ1v) is 8.31. The molecule has 1 aliphatic heterocycles. The summed E-state index contributed by atoms with van der Waals surface area (Å²) in [6.45, 7) is 6.08. The van der Waals surface area contributed by atoms with Crippen LogP contribution >= 0.6 is 0 Å². The van der Waals surface area contributed by atoms with Crippen LogP contribution in [0.1, 0.15) is 19.4 Å². The van der Waals surface area contributed by atoms with Gasteiger partial charge in [-0.25, -0.2) is 17.9 Å². The van der Waals surface area contributed by atoms with Crippen LogP contribution in [0.15, 0.2) is 29.2 Å². The van der Waals surface area contributed by atoms with Gasteiger partial charge >= 0.3 is 6.09 Å². The number of cyclic esters (lactones) is 1. The number of nitrogens with zero attached hydrogens (tertiary/aromatic N) is 1. The van der Waals surface area contributed by atoms with Crippen molar-refractivity contribution in [2.45, 2.75) is 37.8 Å². The average Bonchev–Trinajstić information content (AvgIpc) is 2.78. The molecule has 2 rings (SSSR count). The standard InChI is InChI=1S/C14H20N2O4S/c1-10(2)16-9-12(20-14(16)17)8-15-21(18,19)13-6-4-5-11(3)7-13/h4-7,10,12,15H,8-9H2,1-3H3. The molecule has 0 saturated carbocycles. The van der Waals surface area contributed by atoms with E-state index in [0.29, 0.717) is 6.54 Å². The van der Waals surface area contributed by atoms with Crippen LogP contribution in [0, 0.1) is 6.92 Å². The van der Waals surface area contributed by atoms with E-state index < -0.39 is 22.2 Å². The Balaban J connectivity index is 1.99. The Labute approximate surface area is 125 Å². The normalized spacial score (nSPS) is 19.1. The van der Waals surface area contributed by atoms with Gasteiger partial charge in [-0.2, -0.15) is 0 Å². The maximum Gasteiger partial charge on any atom is 0.410 e. The highest BCUT2D eigenvalue weighted by Gasteiger charge is 2.33. The van der Waals surface area contributed by atoms with Gasteiger partial charge < -0.3 is 9.64 Å². The number of carbonyl (C=O) groups excluding carboxylic acids is 1. The molecule has 116 valence electrons. The molecule has 0 spiro atoms. The number of sulfonamides is 1. The number of rotatable bonds is 5. The summed E-state index contributed by atoms with van der Waals surface area (Å²) in [6, 6.07) is 6.70. The number of benzene rings is 1. The SMILES string of the molecule is Cc1cccc(S(=O)(=O)NCC2CN(C(C)C)C(=O)O2)c1. The van der Waals surface area contributed by atoms with Gasteiger partial charge in [-0.3, -0.25) is 0 Å². The molecule has 1 N–H and O–H groups in total. The number of aryl methyl sites for hydroxylation is 1. The van der Waals surface area contributed by atoms with Gasteiger partial charge in [0.1, 0.15) is 6.10 Å². The minimum atomic E-state index is -3.59. The summed E-state index contributed by atoms with van der Waals surface area (Å²) in [6.07, 6.45) is -0.857. The van der Waals surface area contributed by atoms with Crippen molar-refractivity contribution < 1.29 is 17.9 Å². The third-order valence-corrected chi connectivity index (χ3v) is 4.75. The maximum atomic E-state index is 12.2. The zero-order chi connectivity index (χ0) is 15.6. The highest BCUT2D eigenvalue weighted by molar-refractivity contribution is 7.89. The second kappa shape index (κ2) is 6.03. The molecule has 1 saturated heterocycles. The monoisotopic (exact) mass is 312 g/mol. The molecule has 1 heterocycles. The van der Waals surface area contributed by atoms with E-state index in [-0.39, 0.29) is 17.5 Å². The van der Waals surface area contributed by atoms with Crippen LogP contribution in [-0.4, -0.2) is 44.6 Å². The fourth-order valence-corrected chi connectivity index (χ4v) is 3.31. The summed E-state index contributed by atoms with van der Waals surface area (Å²) in [7, 11) is -3.59. The van der Waals surface area contributed by atoms with Crippen molar-refractivity contribution in [1.82, 2.24) is 9.62 Å². The van der Waals surface area contributed by atoms with Gasteiger partial charge in [0.05, 0.1) is 11.4 Å². The predicted molar refractivity (Wildman–Crippen MR) is 78.5 cm³/mol. The van der Waals surface area contributed by atoms with Gasteiger partial charge in [0.25, 0.3) is 0 Å². The van der Waals surface area contributed by atoms with Crippen LogP contribution < -0.4 is 4.72 Å². The molecule has 0 aliphatic carbocycles. The Morgan fingerprint density at radius 3 is 2.71 bits per heavy atom. The summed E-state index contributed by atoms with van der Waals surface area (Å²) < 4.78 is 32.0. The predicted octanol–water partition coefficient (Wildman–Crippen LogP) is 1.50.